The van der Waals surface area contributed by atoms with Crippen LogP contribution in [0, 0.1) is 5.41 Å². The van der Waals surface area contributed by atoms with Gasteiger partial charge in [0.2, 0.25) is 11.8 Å². The maximum absolute atomic E-state index is 11.4. The zero-order chi connectivity index (χ0) is 11.9. The van der Waals surface area contributed by atoms with Crippen LogP contribution in [0.2, 0.25) is 0 Å². The van der Waals surface area contributed by atoms with Crippen LogP contribution in [-0.2, 0) is 9.59 Å². The first kappa shape index (κ1) is 13.9. The predicted octanol–water partition coefficient (Wildman–Crippen LogP) is -0.516. The summed E-state index contributed by atoms with van der Waals surface area (Å²) < 4.78 is 0. The second-order valence-corrected chi connectivity index (χ2v) is 4.06. The van der Waals surface area contributed by atoms with Gasteiger partial charge in [0.15, 0.2) is 0 Å². The first-order chi connectivity index (χ1) is 6.94. The lowest BCUT2D eigenvalue weighted by Gasteiger charge is -2.22. The lowest BCUT2D eigenvalue weighted by atomic mass is 9.92. The standard InChI is InChI=1S/C10H21N3O2/c1-10(2,9(15)12-4)7-13-6-5-8(14)11-3/h13H,5-7H2,1-4H3,(H,11,14)(H,12,15). The van der Waals surface area contributed by atoms with E-state index in [4.69, 9.17) is 0 Å². The number of rotatable bonds is 6. The molecule has 0 heterocycles. The largest absolute Gasteiger partial charge is 0.359 e. The summed E-state index contributed by atoms with van der Waals surface area (Å²) in [5.41, 5.74) is -0.447. The van der Waals surface area contributed by atoms with Gasteiger partial charge in [-0.05, 0) is 13.8 Å². The highest BCUT2D eigenvalue weighted by Crippen LogP contribution is 2.12. The van der Waals surface area contributed by atoms with Crippen LogP contribution < -0.4 is 16.0 Å². The van der Waals surface area contributed by atoms with Crippen molar-refractivity contribution in [3.8, 4) is 0 Å². The number of nitrogens with one attached hydrogen (secondary N) is 3. The molecule has 5 heteroatoms. The molecule has 88 valence electrons. The first-order valence-corrected chi connectivity index (χ1v) is 5.07. The van der Waals surface area contributed by atoms with Crippen molar-refractivity contribution in [2.75, 3.05) is 27.2 Å². The third-order valence-corrected chi connectivity index (χ3v) is 2.22. The Hall–Kier alpha value is -1.10. The second-order valence-electron chi connectivity index (χ2n) is 4.06. The Morgan fingerprint density at radius 1 is 1.13 bits per heavy atom. The molecule has 0 aliphatic carbocycles. The Bertz CT molecular complexity index is 227. The Balaban J connectivity index is 3.75. The van der Waals surface area contributed by atoms with Gasteiger partial charge in [0.05, 0.1) is 5.41 Å². The quantitative estimate of drug-likeness (QED) is 0.522. The third kappa shape index (κ3) is 5.37. The van der Waals surface area contributed by atoms with E-state index in [2.05, 4.69) is 16.0 Å². The molecule has 0 fully saturated rings. The molecule has 3 N–H and O–H groups in total. The van der Waals surface area contributed by atoms with Crippen molar-refractivity contribution in [1.82, 2.24) is 16.0 Å². The van der Waals surface area contributed by atoms with Crippen LogP contribution in [0.3, 0.4) is 0 Å². The van der Waals surface area contributed by atoms with Crippen LogP contribution in [-0.4, -0.2) is 39.0 Å². The monoisotopic (exact) mass is 215 g/mol. The molecule has 0 saturated carbocycles. The molecular weight excluding hydrogens is 194 g/mol. The number of carbonyl (C=O) groups excluding carboxylic acids is 2. The molecule has 0 aliphatic heterocycles. The molecule has 0 unspecified atom stereocenters. The van der Waals surface area contributed by atoms with E-state index in [1.165, 1.54) is 0 Å². The molecule has 0 radical (unpaired) electrons. The van der Waals surface area contributed by atoms with Gasteiger partial charge in [-0.2, -0.15) is 0 Å². The molecule has 0 aromatic rings. The highest BCUT2D eigenvalue weighted by molar-refractivity contribution is 5.81. The highest BCUT2D eigenvalue weighted by Gasteiger charge is 2.25. The second kappa shape index (κ2) is 6.40. The smallest absolute Gasteiger partial charge is 0.226 e. The fourth-order valence-electron chi connectivity index (χ4n) is 1.15. The fourth-order valence-corrected chi connectivity index (χ4v) is 1.15. The van der Waals surface area contributed by atoms with Gasteiger partial charge >= 0.3 is 0 Å². The number of hydrogen-bond donors (Lipinski definition) is 3. The van der Waals surface area contributed by atoms with Gasteiger partial charge in [-0.25, -0.2) is 0 Å². The van der Waals surface area contributed by atoms with E-state index in [-0.39, 0.29) is 11.8 Å². The maximum atomic E-state index is 11.4. The van der Waals surface area contributed by atoms with Crippen molar-refractivity contribution in [1.29, 1.82) is 0 Å². The summed E-state index contributed by atoms with van der Waals surface area (Å²) >= 11 is 0. The third-order valence-electron chi connectivity index (χ3n) is 2.22. The molecule has 0 saturated heterocycles. The normalized spacial score (nSPS) is 10.9. The summed E-state index contributed by atoms with van der Waals surface area (Å²) in [5, 5.41) is 8.23. The Morgan fingerprint density at radius 3 is 2.20 bits per heavy atom. The van der Waals surface area contributed by atoms with Crippen molar-refractivity contribution in [2.24, 2.45) is 5.41 Å². The van der Waals surface area contributed by atoms with Crippen LogP contribution in [0.1, 0.15) is 20.3 Å². The topological polar surface area (TPSA) is 70.2 Å². The average Bonchev–Trinajstić information content (AvgIpc) is 2.22. The molecule has 0 aromatic heterocycles. The molecule has 0 bridgehead atoms. The zero-order valence-corrected chi connectivity index (χ0v) is 9.94. The van der Waals surface area contributed by atoms with Gasteiger partial charge in [-0.15, -0.1) is 0 Å². The van der Waals surface area contributed by atoms with E-state index < -0.39 is 5.41 Å². The SMILES string of the molecule is CNC(=O)CCNCC(C)(C)C(=O)NC. The van der Waals surface area contributed by atoms with Crippen LogP contribution >= 0.6 is 0 Å². The van der Waals surface area contributed by atoms with E-state index in [0.717, 1.165) is 0 Å². The summed E-state index contributed by atoms with van der Waals surface area (Å²) in [6.07, 6.45) is 0.431. The summed E-state index contributed by atoms with van der Waals surface area (Å²) in [4.78, 5) is 22.3. The Labute approximate surface area is 91.0 Å². The number of carbonyl (C=O) groups is 2. The van der Waals surface area contributed by atoms with E-state index >= 15 is 0 Å². The van der Waals surface area contributed by atoms with E-state index in [9.17, 15) is 9.59 Å². The summed E-state index contributed by atoms with van der Waals surface area (Å²) in [6, 6.07) is 0. The van der Waals surface area contributed by atoms with Gasteiger partial charge in [0.1, 0.15) is 0 Å². The predicted molar refractivity (Wildman–Crippen MR) is 59.4 cm³/mol. The van der Waals surface area contributed by atoms with Gasteiger partial charge < -0.3 is 16.0 Å². The Morgan fingerprint density at radius 2 is 1.73 bits per heavy atom. The number of amides is 2. The lowest BCUT2D eigenvalue weighted by Crippen LogP contribution is -2.42. The molecule has 0 atom stereocenters. The maximum Gasteiger partial charge on any atom is 0.226 e. The van der Waals surface area contributed by atoms with Crippen LogP contribution in [0.5, 0.6) is 0 Å². The van der Waals surface area contributed by atoms with Gasteiger partial charge in [-0.1, -0.05) is 0 Å². The van der Waals surface area contributed by atoms with Crippen molar-refractivity contribution < 1.29 is 9.59 Å². The molecule has 2 amide bonds. The summed E-state index contributed by atoms with van der Waals surface area (Å²) in [7, 11) is 3.23. The van der Waals surface area contributed by atoms with Crippen LogP contribution in [0.25, 0.3) is 0 Å². The first-order valence-electron chi connectivity index (χ1n) is 5.07. The molecular formula is C10H21N3O2. The minimum absolute atomic E-state index is 0.000231. The lowest BCUT2D eigenvalue weighted by molar-refractivity contribution is -0.128. The zero-order valence-electron chi connectivity index (χ0n) is 9.94. The van der Waals surface area contributed by atoms with Crippen LogP contribution in [0.15, 0.2) is 0 Å². The Kier molecular flexibility index (Phi) is 5.93. The van der Waals surface area contributed by atoms with Gasteiger partial charge in [0, 0.05) is 33.6 Å². The summed E-state index contributed by atoms with van der Waals surface area (Å²) in [5.74, 6) is -0.00445. The fraction of sp³-hybridized carbons (Fsp3) is 0.800. The summed E-state index contributed by atoms with van der Waals surface area (Å²) in [6.45, 7) is 4.86. The average molecular weight is 215 g/mol. The molecule has 0 aliphatic rings. The molecule has 5 nitrogen and oxygen atoms in total. The van der Waals surface area contributed by atoms with Gasteiger partial charge in [0.25, 0.3) is 0 Å². The minimum Gasteiger partial charge on any atom is -0.359 e. The molecule has 15 heavy (non-hydrogen) atoms. The van der Waals surface area contributed by atoms with E-state index in [1.54, 1.807) is 14.1 Å². The molecule has 0 rings (SSSR count). The molecule has 0 aromatic carbocycles. The van der Waals surface area contributed by atoms with Gasteiger partial charge in [-0.3, -0.25) is 9.59 Å². The van der Waals surface area contributed by atoms with E-state index in [0.29, 0.717) is 19.5 Å². The number of hydrogen-bond acceptors (Lipinski definition) is 3. The van der Waals surface area contributed by atoms with Crippen LogP contribution in [0.4, 0.5) is 0 Å². The highest BCUT2D eigenvalue weighted by atomic mass is 16.2. The van der Waals surface area contributed by atoms with Crippen molar-refractivity contribution in [2.45, 2.75) is 20.3 Å². The van der Waals surface area contributed by atoms with E-state index in [1.807, 2.05) is 13.8 Å². The van der Waals surface area contributed by atoms with Crippen molar-refractivity contribution in [3.05, 3.63) is 0 Å². The minimum atomic E-state index is -0.447. The van der Waals surface area contributed by atoms with Crippen molar-refractivity contribution >= 4 is 11.8 Å². The van der Waals surface area contributed by atoms with Crippen molar-refractivity contribution in [3.63, 3.8) is 0 Å². The molecule has 0 spiro atoms.